The fourth-order valence-electron chi connectivity index (χ4n) is 2.81. The standard InChI is InChI=1S/C26H23FN2O3/c1-19(28-31-18-22-6-4-5-7-26(22)20(2)29-30-3)8-9-21-10-14-24(15-11-21)32-25-16-12-23(27)13-17-25/h4-7,10-17H,18H2,1-3H3/b28-19+,29-20-. The molecule has 0 spiro atoms. The summed E-state index contributed by atoms with van der Waals surface area (Å²) in [5.41, 5.74) is 4.02. The maximum absolute atomic E-state index is 13.0. The van der Waals surface area contributed by atoms with Crippen LogP contribution in [0.4, 0.5) is 4.39 Å². The van der Waals surface area contributed by atoms with Crippen molar-refractivity contribution in [3.63, 3.8) is 0 Å². The summed E-state index contributed by atoms with van der Waals surface area (Å²) < 4.78 is 18.6. The van der Waals surface area contributed by atoms with Crippen LogP contribution in [0.15, 0.2) is 83.1 Å². The summed E-state index contributed by atoms with van der Waals surface area (Å²) in [7, 11) is 1.51. The van der Waals surface area contributed by atoms with Crippen molar-refractivity contribution in [1.29, 1.82) is 0 Å². The van der Waals surface area contributed by atoms with E-state index in [4.69, 9.17) is 14.4 Å². The lowest BCUT2D eigenvalue weighted by atomic mass is 10.0. The van der Waals surface area contributed by atoms with Crippen molar-refractivity contribution in [2.45, 2.75) is 20.5 Å². The zero-order valence-electron chi connectivity index (χ0n) is 18.1. The highest BCUT2D eigenvalue weighted by molar-refractivity contribution is 5.99. The SMILES string of the molecule is CO/N=C(/C)c1ccccc1CO/N=C(\C)C#Cc1ccc(Oc2ccc(F)cc2)cc1. The van der Waals surface area contributed by atoms with Gasteiger partial charge in [-0.05, 0) is 68.3 Å². The summed E-state index contributed by atoms with van der Waals surface area (Å²) in [6, 6.07) is 20.9. The van der Waals surface area contributed by atoms with Gasteiger partial charge in [0.15, 0.2) is 0 Å². The molecule has 0 radical (unpaired) electrons. The molecule has 0 aromatic heterocycles. The predicted molar refractivity (Wildman–Crippen MR) is 123 cm³/mol. The van der Waals surface area contributed by atoms with Gasteiger partial charge in [0.2, 0.25) is 0 Å². The van der Waals surface area contributed by atoms with Crippen LogP contribution in [0.3, 0.4) is 0 Å². The molecule has 6 heteroatoms. The Balaban J connectivity index is 1.58. The second-order valence-corrected chi connectivity index (χ2v) is 6.80. The Morgan fingerprint density at radius 3 is 2.22 bits per heavy atom. The molecule has 0 amide bonds. The summed E-state index contributed by atoms with van der Waals surface area (Å²) in [5.74, 6) is 6.91. The lowest BCUT2D eigenvalue weighted by Crippen LogP contribution is -2.02. The van der Waals surface area contributed by atoms with E-state index in [0.29, 0.717) is 23.8 Å². The van der Waals surface area contributed by atoms with Crippen molar-refractivity contribution in [3.05, 3.63) is 95.3 Å². The summed E-state index contributed by atoms with van der Waals surface area (Å²) in [5, 5.41) is 8.05. The molecule has 0 fully saturated rings. The third-order valence-corrected chi connectivity index (χ3v) is 4.35. The molecule has 0 heterocycles. The van der Waals surface area contributed by atoms with Crippen LogP contribution in [0.1, 0.15) is 30.5 Å². The van der Waals surface area contributed by atoms with Gasteiger partial charge in [-0.2, -0.15) is 0 Å². The zero-order chi connectivity index (χ0) is 22.8. The van der Waals surface area contributed by atoms with E-state index in [1.165, 1.54) is 19.2 Å². The third kappa shape index (κ3) is 6.71. The van der Waals surface area contributed by atoms with Crippen LogP contribution in [-0.4, -0.2) is 18.5 Å². The average Bonchev–Trinajstić information content (AvgIpc) is 2.80. The van der Waals surface area contributed by atoms with E-state index in [1.54, 1.807) is 31.2 Å². The molecular formula is C26H23FN2O3. The Labute approximate surface area is 187 Å². The molecule has 0 N–H and O–H groups in total. The summed E-state index contributed by atoms with van der Waals surface area (Å²) in [6.45, 7) is 3.95. The number of ether oxygens (including phenoxy) is 1. The quantitative estimate of drug-likeness (QED) is 0.265. The molecule has 0 aliphatic heterocycles. The molecule has 162 valence electrons. The molecule has 3 aromatic carbocycles. The zero-order valence-corrected chi connectivity index (χ0v) is 18.1. The van der Waals surface area contributed by atoms with Crippen LogP contribution in [0.5, 0.6) is 11.5 Å². The largest absolute Gasteiger partial charge is 0.457 e. The van der Waals surface area contributed by atoms with E-state index in [-0.39, 0.29) is 5.82 Å². The number of rotatable bonds is 7. The Morgan fingerprint density at radius 1 is 0.875 bits per heavy atom. The molecule has 0 saturated carbocycles. The molecule has 0 atom stereocenters. The van der Waals surface area contributed by atoms with E-state index in [9.17, 15) is 4.39 Å². The van der Waals surface area contributed by atoms with Crippen LogP contribution in [0, 0.1) is 17.7 Å². The van der Waals surface area contributed by atoms with E-state index >= 15 is 0 Å². The van der Waals surface area contributed by atoms with Gasteiger partial charge in [-0.3, -0.25) is 0 Å². The number of nitrogens with zero attached hydrogens (tertiary/aromatic N) is 2. The molecule has 3 rings (SSSR count). The van der Waals surface area contributed by atoms with E-state index < -0.39 is 0 Å². The van der Waals surface area contributed by atoms with Crippen LogP contribution in [0.2, 0.25) is 0 Å². The normalized spacial score (nSPS) is 11.4. The highest BCUT2D eigenvalue weighted by atomic mass is 19.1. The molecule has 0 saturated heterocycles. The molecule has 5 nitrogen and oxygen atoms in total. The Morgan fingerprint density at radius 2 is 1.53 bits per heavy atom. The van der Waals surface area contributed by atoms with Gasteiger partial charge in [-0.15, -0.1) is 0 Å². The van der Waals surface area contributed by atoms with E-state index in [1.807, 2.05) is 43.3 Å². The molecule has 0 bridgehead atoms. The van der Waals surface area contributed by atoms with Gasteiger partial charge in [-0.1, -0.05) is 40.5 Å². The van der Waals surface area contributed by atoms with Crippen LogP contribution < -0.4 is 4.74 Å². The molecule has 0 aliphatic rings. The minimum atomic E-state index is -0.303. The first-order valence-electron chi connectivity index (χ1n) is 9.93. The van der Waals surface area contributed by atoms with Crippen molar-refractivity contribution in [1.82, 2.24) is 0 Å². The van der Waals surface area contributed by atoms with Crippen molar-refractivity contribution in [3.8, 4) is 23.3 Å². The first kappa shape index (κ1) is 22.6. The molecule has 0 aliphatic carbocycles. The maximum atomic E-state index is 13.0. The van der Waals surface area contributed by atoms with Crippen molar-refractivity contribution in [2.24, 2.45) is 10.3 Å². The Hall–Kier alpha value is -4.11. The van der Waals surface area contributed by atoms with Gasteiger partial charge < -0.3 is 14.4 Å². The summed E-state index contributed by atoms with van der Waals surface area (Å²) >= 11 is 0. The second-order valence-electron chi connectivity index (χ2n) is 6.80. The topological polar surface area (TPSA) is 52.4 Å². The van der Waals surface area contributed by atoms with Gasteiger partial charge in [0.25, 0.3) is 0 Å². The first-order valence-corrected chi connectivity index (χ1v) is 9.93. The summed E-state index contributed by atoms with van der Waals surface area (Å²) in [4.78, 5) is 10.3. The number of halogens is 1. The highest BCUT2D eigenvalue weighted by Gasteiger charge is 2.06. The lowest BCUT2D eigenvalue weighted by molar-refractivity contribution is 0.130. The number of hydrogen-bond acceptors (Lipinski definition) is 5. The summed E-state index contributed by atoms with van der Waals surface area (Å²) in [6.07, 6.45) is 0. The molecule has 32 heavy (non-hydrogen) atoms. The van der Waals surface area contributed by atoms with Crippen molar-refractivity contribution >= 4 is 11.4 Å². The number of oxime groups is 2. The van der Waals surface area contributed by atoms with Gasteiger partial charge >= 0.3 is 0 Å². The van der Waals surface area contributed by atoms with Crippen molar-refractivity contribution in [2.75, 3.05) is 7.11 Å². The minimum Gasteiger partial charge on any atom is -0.457 e. The highest BCUT2D eigenvalue weighted by Crippen LogP contribution is 2.21. The fourth-order valence-corrected chi connectivity index (χ4v) is 2.81. The van der Waals surface area contributed by atoms with Gasteiger partial charge in [0.1, 0.15) is 36.7 Å². The maximum Gasteiger partial charge on any atom is 0.143 e. The number of hydrogen-bond donors (Lipinski definition) is 0. The van der Waals surface area contributed by atoms with Gasteiger partial charge in [0.05, 0.1) is 5.71 Å². The lowest BCUT2D eigenvalue weighted by Gasteiger charge is -2.07. The third-order valence-electron chi connectivity index (χ3n) is 4.35. The average molecular weight is 430 g/mol. The Kier molecular flexibility index (Phi) is 7.99. The number of benzene rings is 3. The Bertz CT molecular complexity index is 1160. The first-order chi connectivity index (χ1) is 15.5. The second kappa shape index (κ2) is 11.3. The monoisotopic (exact) mass is 430 g/mol. The minimum absolute atomic E-state index is 0.293. The van der Waals surface area contributed by atoms with Crippen LogP contribution in [-0.2, 0) is 16.3 Å². The predicted octanol–water partition coefficient (Wildman–Crippen LogP) is 5.93. The van der Waals surface area contributed by atoms with Gasteiger partial charge in [0, 0.05) is 16.7 Å². The van der Waals surface area contributed by atoms with E-state index in [2.05, 4.69) is 22.2 Å². The van der Waals surface area contributed by atoms with Crippen LogP contribution >= 0.6 is 0 Å². The smallest absolute Gasteiger partial charge is 0.143 e. The van der Waals surface area contributed by atoms with Gasteiger partial charge in [-0.25, -0.2) is 4.39 Å². The van der Waals surface area contributed by atoms with E-state index in [0.717, 1.165) is 22.4 Å². The molecular weight excluding hydrogens is 407 g/mol. The molecule has 0 unspecified atom stereocenters. The molecule has 3 aromatic rings. The van der Waals surface area contributed by atoms with Crippen LogP contribution in [0.25, 0.3) is 0 Å². The fraction of sp³-hybridized carbons (Fsp3) is 0.154. The van der Waals surface area contributed by atoms with Crippen molar-refractivity contribution < 1.29 is 18.8 Å².